The fourth-order valence-electron chi connectivity index (χ4n) is 4.21. The van der Waals surface area contributed by atoms with Gasteiger partial charge in [0.1, 0.15) is 0 Å². The van der Waals surface area contributed by atoms with Crippen molar-refractivity contribution in [3.63, 3.8) is 0 Å². The van der Waals surface area contributed by atoms with E-state index in [1.54, 1.807) is 0 Å². The molecule has 0 bridgehead atoms. The fraction of sp³-hybridized carbons (Fsp3) is 1.00. The van der Waals surface area contributed by atoms with Gasteiger partial charge in [-0.3, -0.25) is 0 Å². The van der Waals surface area contributed by atoms with Crippen LogP contribution in [0.25, 0.3) is 0 Å². The van der Waals surface area contributed by atoms with Gasteiger partial charge in [0, 0.05) is 19.5 Å². The topological polar surface area (TPSA) is 104 Å². The Hall–Kier alpha value is -0.180. The van der Waals surface area contributed by atoms with Gasteiger partial charge in [-0.1, -0.05) is 47.0 Å². The number of sulfone groups is 1. The van der Waals surface area contributed by atoms with Crippen molar-refractivity contribution >= 4 is 19.9 Å². The Morgan fingerprint density at radius 2 is 1.21 bits per heavy atom. The summed E-state index contributed by atoms with van der Waals surface area (Å²) in [6, 6.07) is 0. The zero-order valence-corrected chi connectivity index (χ0v) is 21.0. The first-order chi connectivity index (χ1) is 13.4. The second-order valence-electron chi connectivity index (χ2n) is 8.51. The van der Waals surface area contributed by atoms with E-state index in [0.29, 0.717) is 38.9 Å². The lowest BCUT2D eigenvalue weighted by atomic mass is 9.76. The summed E-state index contributed by atoms with van der Waals surface area (Å²) in [5, 5.41) is 5.17. The zero-order chi connectivity index (χ0) is 22.6. The fourth-order valence-corrected chi connectivity index (χ4v) is 6.49. The number of hydrogen-bond acceptors (Lipinski definition) is 5. The molecule has 0 amide bonds. The van der Waals surface area contributed by atoms with Crippen molar-refractivity contribution in [1.82, 2.24) is 0 Å². The minimum absolute atomic E-state index is 0.0434. The molecule has 0 heterocycles. The van der Waals surface area contributed by atoms with Crippen molar-refractivity contribution in [2.45, 2.75) is 103 Å². The second kappa shape index (κ2) is 13.3. The highest BCUT2D eigenvalue weighted by atomic mass is 32.2. The Bertz CT molecular complexity index is 636. The lowest BCUT2D eigenvalue weighted by Crippen LogP contribution is -2.36. The monoisotopic (exact) mass is 455 g/mol. The largest absolute Gasteiger partial charge is 0.381 e. The summed E-state index contributed by atoms with van der Waals surface area (Å²) in [6.07, 6.45) is 10.6. The summed E-state index contributed by atoms with van der Waals surface area (Å²) in [4.78, 5) is 0. The van der Waals surface area contributed by atoms with Gasteiger partial charge in [0.15, 0.2) is 9.84 Å². The quantitative estimate of drug-likeness (QED) is 0.308. The molecule has 0 atom stereocenters. The average molecular weight is 456 g/mol. The van der Waals surface area contributed by atoms with Crippen LogP contribution in [0, 0.1) is 5.41 Å². The molecule has 6 nitrogen and oxygen atoms in total. The SMILES string of the molecule is CCC(CC)(CCCCOCCCCC(CC)(CC)S(C)(=O)=O)CCS(N)(=O)=O. The highest BCUT2D eigenvalue weighted by Crippen LogP contribution is 2.36. The molecule has 176 valence electrons. The van der Waals surface area contributed by atoms with E-state index in [-0.39, 0.29) is 11.2 Å². The van der Waals surface area contributed by atoms with Gasteiger partial charge in [-0.15, -0.1) is 0 Å². The third-order valence-electron chi connectivity index (χ3n) is 6.91. The standard InChI is InChI=1S/C21H45NO5S2/c1-6-20(7-2,16-19-29(22,25)26)14-10-12-17-27-18-13-11-15-21(8-3,9-4)28(5,23)24/h6-19H2,1-5H3,(H2,22,25,26). The molecule has 0 rings (SSSR count). The molecule has 0 spiro atoms. The van der Waals surface area contributed by atoms with Crippen LogP contribution in [-0.2, 0) is 24.6 Å². The van der Waals surface area contributed by atoms with Crippen LogP contribution in [-0.4, -0.2) is 46.8 Å². The summed E-state index contributed by atoms with van der Waals surface area (Å²) in [5.74, 6) is 0.0513. The highest BCUT2D eigenvalue weighted by Gasteiger charge is 2.36. The Kier molecular flexibility index (Phi) is 13.2. The number of hydrogen-bond donors (Lipinski definition) is 1. The molecule has 0 aliphatic carbocycles. The van der Waals surface area contributed by atoms with Crippen molar-refractivity contribution in [2.24, 2.45) is 10.6 Å². The van der Waals surface area contributed by atoms with E-state index in [0.717, 1.165) is 44.9 Å². The van der Waals surface area contributed by atoms with E-state index in [2.05, 4.69) is 13.8 Å². The van der Waals surface area contributed by atoms with Gasteiger partial charge < -0.3 is 4.74 Å². The molecule has 0 saturated heterocycles. The van der Waals surface area contributed by atoms with Gasteiger partial charge in [0.05, 0.1) is 10.5 Å². The van der Waals surface area contributed by atoms with Crippen LogP contribution in [0.5, 0.6) is 0 Å². The number of unbranched alkanes of at least 4 members (excludes halogenated alkanes) is 2. The van der Waals surface area contributed by atoms with E-state index < -0.39 is 24.6 Å². The average Bonchev–Trinajstić information content (AvgIpc) is 2.64. The molecule has 0 fully saturated rings. The van der Waals surface area contributed by atoms with Gasteiger partial charge in [0.25, 0.3) is 0 Å². The molecular weight excluding hydrogens is 410 g/mol. The van der Waals surface area contributed by atoms with Crippen LogP contribution in [0.3, 0.4) is 0 Å². The Labute approximate surface area is 180 Å². The first-order valence-electron chi connectivity index (χ1n) is 11.2. The number of nitrogens with two attached hydrogens (primary N) is 1. The number of rotatable bonds is 18. The lowest BCUT2D eigenvalue weighted by molar-refractivity contribution is 0.119. The molecule has 0 saturated carbocycles. The minimum atomic E-state index is -3.41. The first-order valence-corrected chi connectivity index (χ1v) is 14.8. The van der Waals surface area contributed by atoms with Crippen molar-refractivity contribution in [3.05, 3.63) is 0 Å². The third-order valence-corrected chi connectivity index (χ3v) is 10.0. The van der Waals surface area contributed by atoms with Crippen LogP contribution in [0.4, 0.5) is 0 Å². The maximum Gasteiger partial charge on any atom is 0.209 e. The number of ether oxygens (including phenoxy) is 1. The lowest BCUT2D eigenvalue weighted by Gasteiger charge is -2.31. The minimum Gasteiger partial charge on any atom is -0.381 e. The zero-order valence-electron chi connectivity index (χ0n) is 19.3. The third kappa shape index (κ3) is 10.6. The van der Waals surface area contributed by atoms with Crippen molar-refractivity contribution in [3.8, 4) is 0 Å². The predicted octanol–water partition coefficient (Wildman–Crippen LogP) is 4.43. The van der Waals surface area contributed by atoms with Gasteiger partial charge in [-0.25, -0.2) is 22.0 Å². The Balaban J connectivity index is 4.12. The Morgan fingerprint density at radius 3 is 1.59 bits per heavy atom. The number of sulfonamides is 1. The molecule has 29 heavy (non-hydrogen) atoms. The van der Waals surface area contributed by atoms with Crippen LogP contribution < -0.4 is 5.14 Å². The molecular formula is C21H45NO5S2. The smallest absolute Gasteiger partial charge is 0.209 e. The summed E-state index contributed by atoms with van der Waals surface area (Å²) in [7, 11) is -6.46. The number of primary sulfonamides is 1. The predicted molar refractivity (Wildman–Crippen MR) is 122 cm³/mol. The molecule has 0 aliphatic rings. The van der Waals surface area contributed by atoms with Gasteiger partial charge in [-0.2, -0.15) is 0 Å². The molecule has 0 aromatic carbocycles. The van der Waals surface area contributed by atoms with Crippen LogP contribution in [0.2, 0.25) is 0 Å². The normalized spacial score (nSPS) is 13.7. The Morgan fingerprint density at radius 1 is 0.724 bits per heavy atom. The van der Waals surface area contributed by atoms with Gasteiger partial charge in [-0.05, 0) is 56.8 Å². The first kappa shape index (κ1) is 28.8. The van der Waals surface area contributed by atoms with Crippen LogP contribution in [0.15, 0.2) is 0 Å². The summed E-state index contributed by atoms with van der Waals surface area (Å²) in [5.41, 5.74) is 0.0434. The van der Waals surface area contributed by atoms with Crippen molar-refractivity contribution in [2.75, 3.05) is 25.2 Å². The van der Waals surface area contributed by atoms with Gasteiger partial charge in [0.2, 0.25) is 10.0 Å². The molecule has 0 radical (unpaired) electrons. The maximum atomic E-state index is 12.1. The van der Waals surface area contributed by atoms with Gasteiger partial charge >= 0.3 is 0 Å². The van der Waals surface area contributed by atoms with Crippen molar-refractivity contribution < 1.29 is 21.6 Å². The highest BCUT2D eigenvalue weighted by molar-refractivity contribution is 7.92. The molecule has 0 aromatic heterocycles. The maximum absolute atomic E-state index is 12.1. The second-order valence-corrected chi connectivity index (χ2v) is 12.7. The van der Waals surface area contributed by atoms with E-state index in [1.807, 2.05) is 13.8 Å². The summed E-state index contributed by atoms with van der Waals surface area (Å²) in [6.45, 7) is 9.49. The molecule has 0 aliphatic heterocycles. The van der Waals surface area contributed by atoms with Crippen molar-refractivity contribution in [1.29, 1.82) is 0 Å². The summed E-state index contributed by atoms with van der Waals surface area (Å²) >= 11 is 0. The molecule has 2 N–H and O–H groups in total. The molecule has 0 aromatic rings. The molecule has 0 unspecified atom stereocenters. The summed E-state index contributed by atoms with van der Waals surface area (Å²) < 4.78 is 52.0. The van der Waals surface area contributed by atoms with Crippen LogP contribution >= 0.6 is 0 Å². The molecule has 8 heteroatoms. The van der Waals surface area contributed by atoms with E-state index in [9.17, 15) is 16.8 Å². The van der Waals surface area contributed by atoms with E-state index >= 15 is 0 Å². The van der Waals surface area contributed by atoms with E-state index in [4.69, 9.17) is 9.88 Å². The van der Waals surface area contributed by atoms with Crippen LogP contribution in [0.1, 0.15) is 98.3 Å². The van der Waals surface area contributed by atoms with E-state index in [1.165, 1.54) is 6.26 Å².